The molecule has 0 heterocycles. The summed E-state index contributed by atoms with van der Waals surface area (Å²) < 4.78 is 0. The van der Waals surface area contributed by atoms with E-state index in [-0.39, 0.29) is 5.92 Å². The molecule has 0 spiro atoms. The molecule has 0 aliphatic heterocycles. The summed E-state index contributed by atoms with van der Waals surface area (Å²) in [5, 5.41) is 0. The van der Waals surface area contributed by atoms with Crippen LogP contribution in [0.5, 0.6) is 0 Å². The minimum atomic E-state index is 0.157. The van der Waals surface area contributed by atoms with Crippen LogP contribution >= 0.6 is 0 Å². The molecule has 0 radical (unpaired) electrons. The van der Waals surface area contributed by atoms with E-state index in [1.165, 1.54) is 36.8 Å². The van der Waals surface area contributed by atoms with Crippen molar-refractivity contribution in [2.45, 2.75) is 64.5 Å². The Kier molecular flexibility index (Phi) is 3.82. The van der Waals surface area contributed by atoms with Gasteiger partial charge in [0, 0.05) is 12.0 Å². The summed E-state index contributed by atoms with van der Waals surface area (Å²) in [6, 6.07) is 9.55. The number of carbonyl (C=O) groups is 1. The molecule has 2 aliphatic rings. The third-order valence-electron chi connectivity index (χ3n) is 4.90. The average Bonchev–Trinajstić information content (AvgIpc) is 3.31. The van der Waals surface area contributed by atoms with Gasteiger partial charge in [-0.25, -0.2) is 0 Å². The molecule has 0 saturated heterocycles. The lowest BCUT2D eigenvalue weighted by Gasteiger charge is -2.37. The fraction of sp³-hybridized carbons (Fsp3) is 0.611. The van der Waals surface area contributed by atoms with Gasteiger partial charge in [-0.3, -0.25) is 4.79 Å². The van der Waals surface area contributed by atoms with E-state index < -0.39 is 0 Å². The monoisotopic (exact) mass is 271 g/mol. The number of rotatable bonds is 4. The molecule has 2 heteroatoms. The number of nitrogens with zero attached hydrogens (tertiary/aromatic N) is 1. The van der Waals surface area contributed by atoms with Crippen molar-refractivity contribution in [2.24, 2.45) is 5.92 Å². The Morgan fingerprint density at radius 2 is 2.05 bits per heavy atom. The van der Waals surface area contributed by atoms with Crippen molar-refractivity contribution in [2.75, 3.05) is 0 Å². The van der Waals surface area contributed by atoms with Gasteiger partial charge in [0.15, 0.2) is 0 Å². The Morgan fingerprint density at radius 3 is 2.75 bits per heavy atom. The van der Waals surface area contributed by atoms with Gasteiger partial charge in [-0.05, 0) is 49.7 Å². The average molecular weight is 271 g/mol. The van der Waals surface area contributed by atoms with Gasteiger partial charge in [-0.15, -0.1) is 0 Å². The standard InChI is InChI=1S/C18H25NO/c1-3-13(2)18(20)19(15-11-12-15)17-10-6-8-14-7-4-5-9-16(14)17/h4-5,7,9,13,15,17H,3,6,8,10-12H2,1-2H3. The van der Waals surface area contributed by atoms with Crippen LogP contribution in [-0.4, -0.2) is 16.8 Å². The smallest absolute Gasteiger partial charge is 0.226 e. The largest absolute Gasteiger partial charge is 0.332 e. The van der Waals surface area contributed by atoms with Crippen LogP contribution in [0, 0.1) is 5.92 Å². The van der Waals surface area contributed by atoms with Crippen LogP contribution in [0.2, 0.25) is 0 Å². The van der Waals surface area contributed by atoms with E-state index in [0.29, 0.717) is 18.0 Å². The van der Waals surface area contributed by atoms with Crippen LogP contribution in [0.4, 0.5) is 0 Å². The number of fused-ring (bicyclic) bond motifs is 1. The minimum absolute atomic E-state index is 0.157. The summed E-state index contributed by atoms with van der Waals surface area (Å²) in [4.78, 5) is 15.0. The van der Waals surface area contributed by atoms with Gasteiger partial charge in [0.05, 0.1) is 6.04 Å². The predicted molar refractivity (Wildman–Crippen MR) is 81.4 cm³/mol. The summed E-state index contributed by atoms with van der Waals surface area (Å²) >= 11 is 0. The number of hydrogen-bond donors (Lipinski definition) is 0. The molecule has 1 aromatic carbocycles. The highest BCUT2D eigenvalue weighted by Crippen LogP contribution is 2.41. The molecule has 2 atom stereocenters. The van der Waals surface area contributed by atoms with Gasteiger partial charge >= 0.3 is 0 Å². The molecule has 1 saturated carbocycles. The zero-order valence-electron chi connectivity index (χ0n) is 12.6. The fourth-order valence-electron chi connectivity index (χ4n) is 3.39. The molecule has 2 nitrogen and oxygen atoms in total. The van der Waals surface area contributed by atoms with Crippen molar-refractivity contribution in [3.8, 4) is 0 Å². The highest BCUT2D eigenvalue weighted by molar-refractivity contribution is 5.79. The second-order valence-electron chi connectivity index (χ2n) is 6.39. The fourth-order valence-corrected chi connectivity index (χ4v) is 3.39. The van der Waals surface area contributed by atoms with Gasteiger partial charge in [-0.2, -0.15) is 0 Å². The van der Waals surface area contributed by atoms with E-state index in [1.54, 1.807) is 0 Å². The molecule has 0 bridgehead atoms. The van der Waals surface area contributed by atoms with E-state index in [2.05, 4.69) is 43.0 Å². The lowest BCUT2D eigenvalue weighted by atomic mass is 9.86. The van der Waals surface area contributed by atoms with Crippen molar-refractivity contribution in [3.05, 3.63) is 35.4 Å². The van der Waals surface area contributed by atoms with Crippen LogP contribution in [-0.2, 0) is 11.2 Å². The first-order valence-corrected chi connectivity index (χ1v) is 8.12. The van der Waals surface area contributed by atoms with Gasteiger partial charge < -0.3 is 4.90 Å². The summed E-state index contributed by atoms with van der Waals surface area (Å²) in [7, 11) is 0. The molecule has 0 aromatic heterocycles. The first kappa shape index (κ1) is 13.7. The molecule has 20 heavy (non-hydrogen) atoms. The molecule has 3 rings (SSSR count). The quantitative estimate of drug-likeness (QED) is 0.807. The highest BCUT2D eigenvalue weighted by Gasteiger charge is 2.40. The van der Waals surface area contributed by atoms with E-state index in [4.69, 9.17) is 0 Å². The normalized spacial score (nSPS) is 23.0. The van der Waals surface area contributed by atoms with Gasteiger partial charge in [0.1, 0.15) is 0 Å². The third-order valence-corrected chi connectivity index (χ3v) is 4.90. The Labute approximate surface area is 122 Å². The van der Waals surface area contributed by atoms with Crippen LogP contribution < -0.4 is 0 Å². The number of aryl methyl sites for hydroxylation is 1. The molecule has 2 aliphatic carbocycles. The van der Waals surface area contributed by atoms with Crippen molar-refractivity contribution in [1.29, 1.82) is 0 Å². The number of amides is 1. The lowest BCUT2D eigenvalue weighted by molar-refractivity contribution is -0.138. The topological polar surface area (TPSA) is 20.3 Å². The first-order valence-electron chi connectivity index (χ1n) is 8.12. The van der Waals surface area contributed by atoms with Gasteiger partial charge in [0.25, 0.3) is 0 Å². The van der Waals surface area contributed by atoms with E-state index >= 15 is 0 Å². The molecule has 108 valence electrons. The second-order valence-corrected chi connectivity index (χ2v) is 6.39. The molecule has 0 N–H and O–H groups in total. The maximum Gasteiger partial charge on any atom is 0.226 e. The van der Waals surface area contributed by atoms with Crippen molar-refractivity contribution >= 4 is 5.91 Å². The Morgan fingerprint density at radius 1 is 1.30 bits per heavy atom. The Hall–Kier alpha value is -1.31. The molecule has 1 amide bonds. The summed E-state index contributed by atoms with van der Waals surface area (Å²) in [5.41, 5.74) is 2.86. The zero-order chi connectivity index (χ0) is 14.1. The number of carbonyl (C=O) groups excluding carboxylic acids is 1. The first-order chi connectivity index (χ1) is 9.72. The zero-order valence-corrected chi connectivity index (χ0v) is 12.6. The van der Waals surface area contributed by atoms with Gasteiger partial charge in [-0.1, -0.05) is 38.1 Å². The predicted octanol–water partition coefficient (Wildman–Crippen LogP) is 4.10. The maximum atomic E-state index is 12.8. The Bertz CT molecular complexity index is 492. The molecular formula is C18H25NO. The summed E-state index contributed by atoms with van der Waals surface area (Å²) in [5.74, 6) is 0.529. The van der Waals surface area contributed by atoms with Crippen LogP contribution in [0.25, 0.3) is 0 Å². The number of benzene rings is 1. The van der Waals surface area contributed by atoms with Crippen molar-refractivity contribution in [3.63, 3.8) is 0 Å². The lowest BCUT2D eigenvalue weighted by Crippen LogP contribution is -2.41. The SMILES string of the molecule is CCC(C)C(=O)N(C1CC1)C1CCCc2ccccc21. The Balaban J connectivity index is 1.91. The van der Waals surface area contributed by atoms with E-state index in [1.807, 2.05) is 0 Å². The third kappa shape index (κ3) is 2.48. The molecule has 2 unspecified atom stereocenters. The van der Waals surface area contributed by atoms with Crippen LogP contribution in [0.15, 0.2) is 24.3 Å². The highest BCUT2D eigenvalue weighted by atomic mass is 16.2. The van der Waals surface area contributed by atoms with E-state index in [9.17, 15) is 4.79 Å². The summed E-state index contributed by atoms with van der Waals surface area (Å²) in [6.45, 7) is 4.19. The van der Waals surface area contributed by atoms with Crippen LogP contribution in [0.3, 0.4) is 0 Å². The van der Waals surface area contributed by atoms with Crippen molar-refractivity contribution < 1.29 is 4.79 Å². The second kappa shape index (κ2) is 5.59. The molecule has 1 fully saturated rings. The van der Waals surface area contributed by atoms with Crippen molar-refractivity contribution in [1.82, 2.24) is 4.90 Å². The number of hydrogen-bond acceptors (Lipinski definition) is 1. The molecular weight excluding hydrogens is 246 g/mol. The van der Waals surface area contributed by atoms with E-state index in [0.717, 1.165) is 12.8 Å². The van der Waals surface area contributed by atoms with Gasteiger partial charge in [0.2, 0.25) is 5.91 Å². The summed E-state index contributed by atoms with van der Waals surface area (Å²) in [6.07, 6.45) is 6.84. The minimum Gasteiger partial charge on any atom is -0.332 e. The molecule has 1 aromatic rings. The maximum absolute atomic E-state index is 12.8. The van der Waals surface area contributed by atoms with Crippen LogP contribution in [0.1, 0.15) is 63.1 Å².